The van der Waals surface area contributed by atoms with Crippen LogP contribution in [0.5, 0.6) is 0 Å². The van der Waals surface area contributed by atoms with E-state index in [1.54, 1.807) is 47.5 Å². The van der Waals surface area contributed by atoms with Gasteiger partial charge < -0.3 is 5.32 Å². The van der Waals surface area contributed by atoms with Gasteiger partial charge in [-0.25, -0.2) is 4.39 Å². The molecule has 4 rings (SSSR count). The normalized spacial score (nSPS) is 11.9. The van der Waals surface area contributed by atoms with E-state index < -0.39 is 5.82 Å². The lowest BCUT2D eigenvalue weighted by molar-refractivity contribution is 0.0939. The molecule has 10 heteroatoms. The van der Waals surface area contributed by atoms with E-state index in [1.807, 2.05) is 13.8 Å². The summed E-state index contributed by atoms with van der Waals surface area (Å²) in [6, 6.07) is 8.94. The Kier molecular flexibility index (Phi) is 6.18. The van der Waals surface area contributed by atoms with Gasteiger partial charge in [-0.05, 0) is 59.3 Å². The average Bonchev–Trinajstić information content (AvgIpc) is 3.28. The van der Waals surface area contributed by atoms with E-state index in [0.717, 1.165) is 0 Å². The van der Waals surface area contributed by atoms with E-state index in [0.29, 0.717) is 40.3 Å². The molecule has 1 unspecified atom stereocenters. The summed E-state index contributed by atoms with van der Waals surface area (Å²) >= 11 is 6.29. The molecule has 0 saturated heterocycles. The fraction of sp³-hybridized carbons (Fsp3) is 0.182. The highest BCUT2D eigenvalue weighted by molar-refractivity contribution is 6.33. The van der Waals surface area contributed by atoms with Crippen molar-refractivity contribution in [2.45, 2.75) is 26.3 Å². The molecule has 0 aliphatic heterocycles. The quantitative estimate of drug-likeness (QED) is 0.476. The van der Waals surface area contributed by atoms with Crippen molar-refractivity contribution in [3.8, 4) is 16.8 Å². The molecule has 0 aliphatic carbocycles. The third-order valence-corrected chi connectivity index (χ3v) is 5.20. The van der Waals surface area contributed by atoms with Crippen molar-refractivity contribution in [3.63, 3.8) is 0 Å². The Balaban J connectivity index is 1.77. The summed E-state index contributed by atoms with van der Waals surface area (Å²) in [4.78, 5) is 21.4. The van der Waals surface area contributed by atoms with Crippen LogP contribution < -0.4 is 5.32 Å². The first-order valence-electron chi connectivity index (χ1n) is 9.91. The van der Waals surface area contributed by atoms with Gasteiger partial charge in [0.15, 0.2) is 5.82 Å². The zero-order chi connectivity index (χ0) is 22.7. The van der Waals surface area contributed by atoms with E-state index in [2.05, 4.69) is 30.8 Å². The van der Waals surface area contributed by atoms with Crippen molar-refractivity contribution in [2.24, 2.45) is 0 Å². The molecule has 32 heavy (non-hydrogen) atoms. The van der Waals surface area contributed by atoms with Crippen molar-refractivity contribution < 1.29 is 9.18 Å². The first-order chi connectivity index (χ1) is 15.5. The number of nitrogens with one attached hydrogen (secondary N) is 1. The summed E-state index contributed by atoms with van der Waals surface area (Å²) in [5, 5.41) is 15.0. The second-order valence-electron chi connectivity index (χ2n) is 7.08. The number of hydrogen-bond acceptors (Lipinski definition) is 6. The molecule has 0 bridgehead atoms. The van der Waals surface area contributed by atoms with Gasteiger partial charge in [0.25, 0.3) is 5.91 Å². The molecular weight excluding hydrogens is 433 g/mol. The van der Waals surface area contributed by atoms with Crippen molar-refractivity contribution in [1.29, 1.82) is 0 Å². The van der Waals surface area contributed by atoms with Crippen molar-refractivity contribution in [1.82, 2.24) is 35.5 Å². The largest absolute Gasteiger partial charge is 0.344 e. The molecule has 1 amide bonds. The number of benzene rings is 2. The Bertz CT molecular complexity index is 1260. The van der Waals surface area contributed by atoms with E-state index in [4.69, 9.17) is 11.6 Å². The minimum atomic E-state index is -0.445. The maximum Gasteiger partial charge on any atom is 0.251 e. The molecule has 0 aliphatic rings. The van der Waals surface area contributed by atoms with Gasteiger partial charge in [-0.3, -0.25) is 14.8 Å². The lowest BCUT2D eigenvalue weighted by Gasteiger charge is -2.15. The van der Waals surface area contributed by atoms with Crippen LogP contribution in [0.2, 0.25) is 5.02 Å². The van der Waals surface area contributed by atoms with Gasteiger partial charge in [0.05, 0.1) is 28.6 Å². The van der Waals surface area contributed by atoms with Crippen molar-refractivity contribution in [2.75, 3.05) is 0 Å². The number of carbonyl (C=O) groups excluding carboxylic acids is 1. The van der Waals surface area contributed by atoms with E-state index in [1.165, 1.54) is 12.1 Å². The number of halogens is 2. The van der Waals surface area contributed by atoms with E-state index in [-0.39, 0.29) is 17.0 Å². The van der Waals surface area contributed by atoms with Gasteiger partial charge in [-0.2, -0.15) is 4.68 Å². The predicted molar refractivity (Wildman–Crippen MR) is 117 cm³/mol. The first kappa shape index (κ1) is 21.5. The molecule has 8 nitrogen and oxygen atoms in total. The predicted octanol–water partition coefficient (Wildman–Crippen LogP) is 3.97. The SMILES string of the molecule is CCc1nnnn1-c1cc(C(=O)NC(C)c2cnccn2)cc(-c2ccc(F)cc2Cl)c1. The molecule has 2 aromatic carbocycles. The smallest absolute Gasteiger partial charge is 0.251 e. The topological polar surface area (TPSA) is 98.5 Å². The van der Waals surface area contributed by atoms with Crippen LogP contribution in [0.1, 0.15) is 41.8 Å². The molecule has 1 N–H and O–H groups in total. The van der Waals surface area contributed by atoms with Gasteiger partial charge in [-0.15, -0.1) is 5.10 Å². The highest BCUT2D eigenvalue weighted by Crippen LogP contribution is 2.31. The first-order valence-corrected chi connectivity index (χ1v) is 10.3. The number of aromatic nitrogens is 6. The Labute approximate surface area is 188 Å². The third-order valence-electron chi connectivity index (χ3n) is 4.89. The van der Waals surface area contributed by atoms with Crippen LogP contribution in [-0.4, -0.2) is 36.1 Å². The third kappa shape index (κ3) is 4.47. The van der Waals surface area contributed by atoms with Crippen LogP contribution in [0, 0.1) is 5.82 Å². The Morgan fingerprint density at radius 3 is 2.78 bits per heavy atom. The molecular formula is C22H19ClFN7O. The maximum absolute atomic E-state index is 13.6. The Morgan fingerprint density at radius 1 is 1.22 bits per heavy atom. The second kappa shape index (κ2) is 9.19. The van der Waals surface area contributed by atoms with Gasteiger partial charge >= 0.3 is 0 Å². The lowest BCUT2D eigenvalue weighted by atomic mass is 10.0. The number of nitrogens with zero attached hydrogens (tertiary/aromatic N) is 6. The second-order valence-corrected chi connectivity index (χ2v) is 7.49. The molecule has 2 heterocycles. The molecule has 1 atom stereocenters. The average molecular weight is 452 g/mol. The summed E-state index contributed by atoms with van der Waals surface area (Å²) in [5.41, 5.74) is 2.79. The summed E-state index contributed by atoms with van der Waals surface area (Å²) < 4.78 is 15.1. The van der Waals surface area contributed by atoms with Crippen molar-refractivity contribution >= 4 is 17.5 Å². The van der Waals surface area contributed by atoms with Gasteiger partial charge in [0, 0.05) is 29.9 Å². The van der Waals surface area contributed by atoms with Crippen LogP contribution in [0.25, 0.3) is 16.8 Å². The molecule has 0 radical (unpaired) electrons. The molecule has 0 fully saturated rings. The maximum atomic E-state index is 13.6. The molecule has 0 saturated carbocycles. The minimum Gasteiger partial charge on any atom is -0.344 e. The van der Waals surface area contributed by atoms with E-state index in [9.17, 15) is 9.18 Å². The Hall–Kier alpha value is -3.72. The molecule has 4 aromatic rings. The van der Waals surface area contributed by atoms with Crippen molar-refractivity contribution in [3.05, 3.63) is 82.9 Å². The zero-order valence-corrected chi connectivity index (χ0v) is 18.1. The number of tetrazole rings is 1. The zero-order valence-electron chi connectivity index (χ0n) is 17.3. The number of carbonyl (C=O) groups is 1. The van der Waals surface area contributed by atoms with Gasteiger partial charge in [0.2, 0.25) is 0 Å². The van der Waals surface area contributed by atoms with Gasteiger partial charge in [0.1, 0.15) is 5.82 Å². The number of amides is 1. The standard InChI is InChI=1S/C22H19ClFN7O/c1-3-21-28-29-30-31(21)17-9-14(18-5-4-16(24)11-19(18)23)8-15(10-17)22(32)27-13(2)20-12-25-6-7-26-20/h4-13H,3H2,1-2H3,(H,27,32). The Morgan fingerprint density at radius 2 is 2.06 bits per heavy atom. The van der Waals surface area contributed by atoms with Crippen LogP contribution in [-0.2, 0) is 6.42 Å². The van der Waals surface area contributed by atoms with Crippen LogP contribution >= 0.6 is 11.6 Å². The number of hydrogen-bond donors (Lipinski definition) is 1. The van der Waals surface area contributed by atoms with Crippen LogP contribution in [0.3, 0.4) is 0 Å². The summed E-state index contributed by atoms with van der Waals surface area (Å²) in [6.07, 6.45) is 5.33. The fourth-order valence-corrected chi connectivity index (χ4v) is 3.53. The summed E-state index contributed by atoms with van der Waals surface area (Å²) in [6.45, 7) is 3.75. The summed E-state index contributed by atoms with van der Waals surface area (Å²) in [7, 11) is 0. The van der Waals surface area contributed by atoms with E-state index >= 15 is 0 Å². The highest BCUT2D eigenvalue weighted by atomic mass is 35.5. The highest BCUT2D eigenvalue weighted by Gasteiger charge is 2.17. The van der Waals surface area contributed by atoms with Crippen LogP contribution in [0.4, 0.5) is 4.39 Å². The molecule has 0 spiro atoms. The minimum absolute atomic E-state index is 0.230. The monoisotopic (exact) mass is 451 g/mol. The lowest BCUT2D eigenvalue weighted by Crippen LogP contribution is -2.27. The number of rotatable bonds is 6. The fourth-order valence-electron chi connectivity index (χ4n) is 3.26. The number of aryl methyl sites for hydroxylation is 1. The molecule has 2 aromatic heterocycles. The summed E-state index contributed by atoms with van der Waals surface area (Å²) in [5.74, 6) is -0.137. The van der Waals surface area contributed by atoms with Gasteiger partial charge in [-0.1, -0.05) is 18.5 Å². The van der Waals surface area contributed by atoms with Crippen LogP contribution in [0.15, 0.2) is 55.0 Å². The molecule has 162 valence electrons.